The van der Waals surface area contributed by atoms with Gasteiger partial charge in [0.25, 0.3) is 0 Å². The van der Waals surface area contributed by atoms with Crippen molar-refractivity contribution in [3.8, 4) is 11.8 Å². The Morgan fingerprint density at radius 2 is 1.90 bits per heavy atom. The van der Waals surface area contributed by atoms with Gasteiger partial charge in [0.1, 0.15) is 11.8 Å². The van der Waals surface area contributed by atoms with E-state index in [-0.39, 0.29) is 0 Å². The molecular formula is C23H15Cl2N5O. The molecule has 4 aromatic rings. The maximum absolute atomic E-state index is 9.60. The van der Waals surface area contributed by atoms with Gasteiger partial charge >= 0.3 is 0 Å². The van der Waals surface area contributed by atoms with Crippen LogP contribution < -0.4 is 10.1 Å². The second-order valence-corrected chi connectivity index (χ2v) is 7.30. The minimum Gasteiger partial charge on any atom is -0.495 e. The van der Waals surface area contributed by atoms with E-state index in [0.717, 1.165) is 22.2 Å². The SMILES string of the molecule is COc1cc(Nc2c(C#N)cnc3cc(/C=C/c4cnccn4)ccc23)c(Cl)cc1Cl. The lowest BCUT2D eigenvalue weighted by Gasteiger charge is -2.14. The van der Waals surface area contributed by atoms with E-state index < -0.39 is 0 Å². The van der Waals surface area contributed by atoms with Crippen molar-refractivity contribution >= 4 is 57.6 Å². The van der Waals surface area contributed by atoms with Crippen LogP contribution in [0, 0.1) is 11.3 Å². The Morgan fingerprint density at radius 3 is 2.65 bits per heavy atom. The number of rotatable bonds is 5. The summed E-state index contributed by atoms with van der Waals surface area (Å²) in [4.78, 5) is 12.7. The maximum atomic E-state index is 9.60. The van der Waals surface area contributed by atoms with Gasteiger partial charge in [0.15, 0.2) is 0 Å². The van der Waals surface area contributed by atoms with E-state index in [4.69, 9.17) is 27.9 Å². The average molecular weight is 448 g/mol. The molecule has 31 heavy (non-hydrogen) atoms. The normalized spacial score (nSPS) is 10.9. The van der Waals surface area contributed by atoms with Crippen LogP contribution in [0.15, 0.2) is 55.1 Å². The van der Waals surface area contributed by atoms with Gasteiger partial charge in [0, 0.05) is 30.0 Å². The van der Waals surface area contributed by atoms with Crippen LogP contribution in [-0.2, 0) is 0 Å². The first-order valence-electron chi connectivity index (χ1n) is 9.16. The van der Waals surface area contributed by atoms with E-state index in [1.807, 2.05) is 30.4 Å². The van der Waals surface area contributed by atoms with Crippen molar-refractivity contribution in [1.29, 1.82) is 5.26 Å². The van der Waals surface area contributed by atoms with Gasteiger partial charge in [-0.1, -0.05) is 41.4 Å². The van der Waals surface area contributed by atoms with E-state index in [1.165, 1.54) is 13.3 Å². The molecule has 2 aromatic carbocycles. The molecule has 2 aromatic heterocycles. The van der Waals surface area contributed by atoms with Crippen LogP contribution >= 0.6 is 23.2 Å². The van der Waals surface area contributed by atoms with Gasteiger partial charge in [0.05, 0.1) is 51.5 Å². The second-order valence-electron chi connectivity index (χ2n) is 6.49. The summed E-state index contributed by atoms with van der Waals surface area (Å²) in [6.45, 7) is 0. The molecular weight excluding hydrogens is 433 g/mol. The summed E-state index contributed by atoms with van der Waals surface area (Å²) in [5.41, 5.74) is 3.97. The van der Waals surface area contributed by atoms with E-state index >= 15 is 0 Å². The molecule has 0 radical (unpaired) electrons. The van der Waals surface area contributed by atoms with Gasteiger partial charge in [0.2, 0.25) is 0 Å². The van der Waals surface area contributed by atoms with Crippen LogP contribution in [0.4, 0.5) is 11.4 Å². The first kappa shape index (κ1) is 20.6. The van der Waals surface area contributed by atoms with Crippen LogP contribution in [0.3, 0.4) is 0 Å². The van der Waals surface area contributed by atoms with Gasteiger partial charge in [-0.05, 0) is 23.8 Å². The maximum Gasteiger partial charge on any atom is 0.139 e. The highest BCUT2D eigenvalue weighted by Gasteiger charge is 2.13. The molecule has 0 aliphatic heterocycles. The Kier molecular flexibility index (Phi) is 5.99. The Bertz CT molecular complexity index is 1330. The zero-order valence-corrected chi connectivity index (χ0v) is 17.8. The standard InChI is InChI=1S/C23H15Cl2N5O/c1-31-22-10-21(18(24)9-19(22)25)30-23-15(11-26)12-29-20-8-14(3-5-17(20)23)2-4-16-13-27-6-7-28-16/h2-10,12-13H,1H3,(H,29,30)/b4-2+. The number of anilines is 2. The zero-order valence-electron chi connectivity index (χ0n) is 16.3. The molecule has 0 saturated carbocycles. The number of fused-ring (bicyclic) bond motifs is 1. The number of nitrogens with one attached hydrogen (secondary N) is 1. The van der Waals surface area contributed by atoms with Crippen molar-refractivity contribution in [1.82, 2.24) is 15.0 Å². The van der Waals surface area contributed by atoms with Crippen molar-refractivity contribution in [3.63, 3.8) is 0 Å². The van der Waals surface area contributed by atoms with Gasteiger partial charge in [-0.2, -0.15) is 5.26 Å². The van der Waals surface area contributed by atoms with Crippen LogP contribution in [0.25, 0.3) is 23.1 Å². The molecule has 0 aliphatic carbocycles. The Morgan fingerprint density at radius 1 is 1.03 bits per heavy atom. The Balaban J connectivity index is 1.75. The van der Waals surface area contributed by atoms with Crippen molar-refractivity contribution < 1.29 is 4.74 Å². The zero-order chi connectivity index (χ0) is 21.8. The number of aromatic nitrogens is 3. The third kappa shape index (κ3) is 4.43. The quantitative estimate of drug-likeness (QED) is 0.396. The summed E-state index contributed by atoms with van der Waals surface area (Å²) in [7, 11) is 1.53. The summed E-state index contributed by atoms with van der Waals surface area (Å²) < 4.78 is 5.28. The number of benzene rings is 2. The van der Waals surface area contributed by atoms with E-state index in [2.05, 4.69) is 26.3 Å². The largest absolute Gasteiger partial charge is 0.495 e. The predicted molar refractivity (Wildman–Crippen MR) is 124 cm³/mol. The van der Waals surface area contributed by atoms with Crippen molar-refractivity contribution in [3.05, 3.63) is 82.0 Å². The van der Waals surface area contributed by atoms with Crippen LogP contribution in [0.1, 0.15) is 16.8 Å². The molecule has 0 amide bonds. The highest BCUT2D eigenvalue weighted by atomic mass is 35.5. The number of hydrogen-bond acceptors (Lipinski definition) is 6. The molecule has 2 heterocycles. The fourth-order valence-electron chi connectivity index (χ4n) is 3.03. The molecule has 0 unspecified atom stereocenters. The third-order valence-electron chi connectivity index (χ3n) is 4.54. The molecule has 8 heteroatoms. The summed E-state index contributed by atoms with van der Waals surface area (Å²) in [5.74, 6) is 0.474. The molecule has 1 N–H and O–H groups in total. The molecule has 0 bridgehead atoms. The van der Waals surface area contributed by atoms with Crippen LogP contribution in [-0.4, -0.2) is 22.1 Å². The Hall–Kier alpha value is -3.66. The van der Waals surface area contributed by atoms with Crippen molar-refractivity contribution in [2.24, 2.45) is 0 Å². The second kappa shape index (κ2) is 9.00. The molecule has 0 aliphatic rings. The first-order chi connectivity index (χ1) is 15.1. The molecule has 6 nitrogen and oxygen atoms in total. The first-order valence-corrected chi connectivity index (χ1v) is 9.91. The molecule has 0 saturated heterocycles. The summed E-state index contributed by atoms with van der Waals surface area (Å²) >= 11 is 12.5. The fraction of sp³-hybridized carbons (Fsp3) is 0.0435. The Labute approximate surface area is 188 Å². The van der Waals surface area contributed by atoms with Crippen molar-refractivity contribution in [2.45, 2.75) is 0 Å². The number of pyridine rings is 1. The van der Waals surface area contributed by atoms with Crippen LogP contribution in [0.5, 0.6) is 5.75 Å². The van der Waals surface area contributed by atoms with Gasteiger partial charge in [-0.3, -0.25) is 15.0 Å². The number of nitriles is 1. The minimum atomic E-state index is 0.389. The fourth-order valence-corrected chi connectivity index (χ4v) is 3.54. The van der Waals surface area contributed by atoms with Crippen molar-refractivity contribution in [2.75, 3.05) is 12.4 Å². The topological polar surface area (TPSA) is 83.7 Å². The summed E-state index contributed by atoms with van der Waals surface area (Å²) in [6, 6.07) is 11.2. The number of halogens is 2. The number of hydrogen-bond donors (Lipinski definition) is 1. The average Bonchev–Trinajstić information content (AvgIpc) is 2.80. The number of nitrogens with zero attached hydrogens (tertiary/aromatic N) is 4. The van der Waals surface area contributed by atoms with E-state index in [9.17, 15) is 5.26 Å². The van der Waals surface area contributed by atoms with Crippen LogP contribution in [0.2, 0.25) is 10.0 Å². The molecule has 0 atom stereocenters. The van der Waals surface area contributed by atoms with Gasteiger partial charge in [-0.25, -0.2) is 0 Å². The summed E-state index contributed by atoms with van der Waals surface area (Å²) in [6.07, 6.45) is 10.3. The number of methoxy groups -OCH3 is 1. The third-order valence-corrected chi connectivity index (χ3v) is 5.15. The van der Waals surface area contributed by atoms with E-state index in [1.54, 1.807) is 30.7 Å². The highest BCUT2D eigenvalue weighted by molar-refractivity contribution is 6.37. The van der Waals surface area contributed by atoms with Gasteiger partial charge < -0.3 is 10.1 Å². The predicted octanol–water partition coefficient (Wildman–Crippen LogP) is 6.13. The number of ether oxygens (including phenoxy) is 1. The van der Waals surface area contributed by atoms with E-state index in [0.29, 0.717) is 32.7 Å². The lowest BCUT2D eigenvalue weighted by molar-refractivity contribution is 0.415. The lowest BCUT2D eigenvalue weighted by Crippen LogP contribution is -1.98. The van der Waals surface area contributed by atoms with Gasteiger partial charge in [-0.15, -0.1) is 0 Å². The smallest absolute Gasteiger partial charge is 0.139 e. The lowest BCUT2D eigenvalue weighted by atomic mass is 10.1. The monoisotopic (exact) mass is 447 g/mol. The molecule has 0 fully saturated rings. The molecule has 4 rings (SSSR count). The summed E-state index contributed by atoms with van der Waals surface area (Å²) in [5, 5.41) is 14.4. The minimum absolute atomic E-state index is 0.389. The molecule has 0 spiro atoms. The molecule has 152 valence electrons. The highest BCUT2D eigenvalue weighted by Crippen LogP contribution is 2.37.